The number of hydrogen-bond donors (Lipinski definition) is 2. The molecular formula is C10H16N4. The van der Waals surface area contributed by atoms with Crippen molar-refractivity contribution in [1.29, 1.82) is 0 Å². The molecule has 1 heterocycles. The van der Waals surface area contributed by atoms with Crippen LogP contribution in [0.3, 0.4) is 0 Å². The molecule has 1 fully saturated rings. The Morgan fingerprint density at radius 1 is 1.29 bits per heavy atom. The zero-order valence-corrected chi connectivity index (χ0v) is 8.24. The molecule has 0 spiro atoms. The molecule has 1 aromatic heterocycles. The Morgan fingerprint density at radius 2 is 2.00 bits per heavy atom. The summed E-state index contributed by atoms with van der Waals surface area (Å²) < 4.78 is 0. The highest BCUT2D eigenvalue weighted by atomic mass is 15.0. The van der Waals surface area contributed by atoms with E-state index in [2.05, 4.69) is 9.97 Å². The van der Waals surface area contributed by atoms with E-state index in [4.69, 9.17) is 11.5 Å². The van der Waals surface area contributed by atoms with Gasteiger partial charge in [-0.15, -0.1) is 0 Å². The summed E-state index contributed by atoms with van der Waals surface area (Å²) in [5.41, 5.74) is 13.1. The fourth-order valence-electron chi connectivity index (χ4n) is 2.07. The van der Waals surface area contributed by atoms with E-state index in [-0.39, 0.29) is 0 Å². The fourth-order valence-corrected chi connectivity index (χ4v) is 2.07. The predicted molar refractivity (Wildman–Crippen MR) is 55.5 cm³/mol. The van der Waals surface area contributed by atoms with Crippen molar-refractivity contribution in [2.75, 3.05) is 5.73 Å². The molecule has 0 aliphatic heterocycles. The van der Waals surface area contributed by atoms with Gasteiger partial charge in [-0.1, -0.05) is 12.8 Å². The van der Waals surface area contributed by atoms with Gasteiger partial charge >= 0.3 is 0 Å². The molecule has 0 atom stereocenters. The molecule has 4 heteroatoms. The summed E-state index contributed by atoms with van der Waals surface area (Å²) in [5.74, 6) is 0.931. The Kier molecular flexibility index (Phi) is 2.63. The summed E-state index contributed by atoms with van der Waals surface area (Å²) in [7, 11) is 0. The summed E-state index contributed by atoms with van der Waals surface area (Å²) in [6, 6.07) is 1.99. The zero-order chi connectivity index (χ0) is 9.97. The predicted octanol–water partition coefficient (Wildman–Crippen LogP) is 1.18. The molecule has 2 rings (SSSR count). The standard InChI is InChI=1S/C10H16N4/c11-6-8-5-9(14-10(12)13-8)7-3-1-2-4-7/h5,7H,1-4,6,11H2,(H2,12,13,14). The van der Waals surface area contributed by atoms with Crippen LogP contribution in [0.2, 0.25) is 0 Å². The molecule has 4 N–H and O–H groups in total. The van der Waals surface area contributed by atoms with Gasteiger partial charge < -0.3 is 11.5 Å². The van der Waals surface area contributed by atoms with Crippen LogP contribution < -0.4 is 11.5 Å². The van der Waals surface area contributed by atoms with Crippen molar-refractivity contribution >= 4 is 5.95 Å². The average molecular weight is 192 g/mol. The number of hydrogen-bond acceptors (Lipinski definition) is 4. The lowest BCUT2D eigenvalue weighted by Crippen LogP contribution is -2.08. The molecule has 0 radical (unpaired) electrons. The second kappa shape index (κ2) is 3.92. The van der Waals surface area contributed by atoms with Crippen LogP contribution >= 0.6 is 0 Å². The minimum Gasteiger partial charge on any atom is -0.368 e. The van der Waals surface area contributed by atoms with Gasteiger partial charge in [0.2, 0.25) is 5.95 Å². The second-order valence-electron chi connectivity index (χ2n) is 3.83. The highest BCUT2D eigenvalue weighted by Gasteiger charge is 2.19. The van der Waals surface area contributed by atoms with Gasteiger partial charge in [-0.25, -0.2) is 9.97 Å². The van der Waals surface area contributed by atoms with Crippen LogP contribution in [0.15, 0.2) is 6.07 Å². The van der Waals surface area contributed by atoms with E-state index in [9.17, 15) is 0 Å². The van der Waals surface area contributed by atoms with Crippen LogP contribution in [0.1, 0.15) is 43.0 Å². The molecule has 1 aliphatic carbocycles. The molecule has 0 bridgehead atoms. The van der Waals surface area contributed by atoms with Gasteiger partial charge in [0.25, 0.3) is 0 Å². The topological polar surface area (TPSA) is 77.8 Å². The molecule has 4 nitrogen and oxygen atoms in total. The van der Waals surface area contributed by atoms with Crippen molar-refractivity contribution in [3.05, 3.63) is 17.5 Å². The van der Waals surface area contributed by atoms with Gasteiger partial charge in [-0.05, 0) is 18.9 Å². The van der Waals surface area contributed by atoms with Gasteiger partial charge in [-0.2, -0.15) is 0 Å². The van der Waals surface area contributed by atoms with Crippen LogP contribution in [0.25, 0.3) is 0 Å². The number of nitrogens with zero attached hydrogens (tertiary/aromatic N) is 2. The van der Waals surface area contributed by atoms with Crippen molar-refractivity contribution in [3.8, 4) is 0 Å². The van der Waals surface area contributed by atoms with E-state index in [1.54, 1.807) is 0 Å². The maximum atomic E-state index is 5.62. The van der Waals surface area contributed by atoms with Crippen molar-refractivity contribution in [1.82, 2.24) is 9.97 Å². The van der Waals surface area contributed by atoms with E-state index in [0.717, 1.165) is 11.4 Å². The Morgan fingerprint density at radius 3 is 2.64 bits per heavy atom. The van der Waals surface area contributed by atoms with Crippen molar-refractivity contribution in [2.24, 2.45) is 5.73 Å². The van der Waals surface area contributed by atoms with Gasteiger partial charge in [0.1, 0.15) is 0 Å². The Bertz CT molecular complexity index is 318. The Hall–Kier alpha value is -1.16. The van der Waals surface area contributed by atoms with Crippen molar-refractivity contribution in [3.63, 3.8) is 0 Å². The number of nitrogen functional groups attached to an aromatic ring is 1. The third-order valence-electron chi connectivity index (χ3n) is 2.80. The highest BCUT2D eigenvalue weighted by Crippen LogP contribution is 2.33. The minimum absolute atomic E-state index is 0.356. The van der Waals surface area contributed by atoms with E-state index in [1.165, 1.54) is 25.7 Å². The van der Waals surface area contributed by atoms with Crippen LogP contribution in [0.5, 0.6) is 0 Å². The van der Waals surface area contributed by atoms with Crippen LogP contribution in [0, 0.1) is 0 Å². The summed E-state index contributed by atoms with van der Waals surface area (Å²) in [5, 5.41) is 0. The lowest BCUT2D eigenvalue weighted by Gasteiger charge is -2.09. The van der Waals surface area contributed by atoms with Crippen molar-refractivity contribution in [2.45, 2.75) is 38.1 Å². The third kappa shape index (κ3) is 1.85. The van der Waals surface area contributed by atoms with E-state index in [1.807, 2.05) is 6.07 Å². The molecule has 0 saturated heterocycles. The average Bonchev–Trinajstić information content (AvgIpc) is 2.69. The normalized spacial score (nSPS) is 17.5. The zero-order valence-electron chi connectivity index (χ0n) is 8.24. The Labute approximate surface area is 83.7 Å². The van der Waals surface area contributed by atoms with Crippen LogP contribution in [-0.2, 0) is 6.54 Å². The first-order chi connectivity index (χ1) is 6.79. The van der Waals surface area contributed by atoms with Crippen LogP contribution in [0.4, 0.5) is 5.95 Å². The fraction of sp³-hybridized carbons (Fsp3) is 0.600. The largest absolute Gasteiger partial charge is 0.368 e. The van der Waals surface area contributed by atoms with Gasteiger partial charge in [0.15, 0.2) is 0 Å². The van der Waals surface area contributed by atoms with Crippen molar-refractivity contribution < 1.29 is 0 Å². The molecular weight excluding hydrogens is 176 g/mol. The maximum absolute atomic E-state index is 5.62. The van der Waals surface area contributed by atoms with E-state index < -0.39 is 0 Å². The quantitative estimate of drug-likeness (QED) is 0.737. The van der Waals surface area contributed by atoms with Gasteiger partial charge in [-0.3, -0.25) is 0 Å². The van der Waals surface area contributed by atoms with Gasteiger partial charge in [0.05, 0.1) is 5.69 Å². The second-order valence-corrected chi connectivity index (χ2v) is 3.83. The first-order valence-corrected chi connectivity index (χ1v) is 5.13. The number of aromatic nitrogens is 2. The number of nitrogens with two attached hydrogens (primary N) is 2. The molecule has 1 aliphatic rings. The molecule has 0 unspecified atom stereocenters. The van der Waals surface area contributed by atoms with Gasteiger partial charge in [0, 0.05) is 18.2 Å². The SMILES string of the molecule is NCc1cc(C2CCCC2)nc(N)n1. The summed E-state index contributed by atoms with van der Waals surface area (Å²) in [4.78, 5) is 8.34. The summed E-state index contributed by atoms with van der Waals surface area (Å²) in [6.07, 6.45) is 5.04. The highest BCUT2D eigenvalue weighted by molar-refractivity contribution is 5.25. The summed E-state index contributed by atoms with van der Waals surface area (Å²) in [6.45, 7) is 0.437. The number of rotatable bonds is 2. The minimum atomic E-state index is 0.356. The summed E-state index contributed by atoms with van der Waals surface area (Å²) >= 11 is 0. The maximum Gasteiger partial charge on any atom is 0.220 e. The Balaban J connectivity index is 2.27. The third-order valence-corrected chi connectivity index (χ3v) is 2.80. The molecule has 0 aromatic carbocycles. The molecule has 0 amide bonds. The molecule has 1 saturated carbocycles. The first kappa shape index (κ1) is 9.40. The number of anilines is 1. The molecule has 1 aromatic rings. The molecule has 76 valence electrons. The lowest BCUT2D eigenvalue weighted by atomic mass is 10.0. The smallest absolute Gasteiger partial charge is 0.220 e. The van der Waals surface area contributed by atoms with E-state index >= 15 is 0 Å². The van der Waals surface area contributed by atoms with Crippen LogP contribution in [-0.4, -0.2) is 9.97 Å². The molecule has 14 heavy (non-hydrogen) atoms. The van der Waals surface area contributed by atoms with E-state index in [0.29, 0.717) is 18.4 Å². The monoisotopic (exact) mass is 192 g/mol. The first-order valence-electron chi connectivity index (χ1n) is 5.13. The lowest BCUT2D eigenvalue weighted by molar-refractivity contribution is 0.692.